The minimum Gasteiger partial charge on any atom is -0.343 e. The maximum atomic E-state index is 12.7. The Balaban J connectivity index is 2.17. The fourth-order valence-electron chi connectivity index (χ4n) is 2.25. The third-order valence-electron chi connectivity index (χ3n) is 3.32. The van der Waals surface area contributed by atoms with Crippen LogP contribution in [0.25, 0.3) is 0 Å². The highest BCUT2D eigenvalue weighted by atomic mass is 19.4. The first kappa shape index (κ1) is 15.3. The van der Waals surface area contributed by atoms with Gasteiger partial charge in [0.15, 0.2) is 0 Å². The molecule has 1 aromatic rings. The highest BCUT2D eigenvalue weighted by molar-refractivity contribution is 5.94. The number of halogens is 3. The Morgan fingerprint density at radius 1 is 1.33 bits per heavy atom. The first-order valence-electron chi connectivity index (χ1n) is 6.55. The molecule has 21 heavy (non-hydrogen) atoms. The molecule has 7 heteroatoms. The van der Waals surface area contributed by atoms with Crippen molar-refractivity contribution in [2.24, 2.45) is 0 Å². The van der Waals surface area contributed by atoms with E-state index in [4.69, 9.17) is 0 Å². The number of rotatable bonds is 3. The van der Waals surface area contributed by atoms with Crippen molar-refractivity contribution in [2.45, 2.75) is 32.1 Å². The van der Waals surface area contributed by atoms with Crippen LogP contribution in [0, 0.1) is 0 Å². The summed E-state index contributed by atoms with van der Waals surface area (Å²) in [5, 5.41) is 2.56. The lowest BCUT2D eigenvalue weighted by Crippen LogP contribution is -2.57. The van der Waals surface area contributed by atoms with E-state index in [0.29, 0.717) is 12.0 Å². The summed E-state index contributed by atoms with van der Waals surface area (Å²) in [7, 11) is 0. The monoisotopic (exact) mass is 300 g/mol. The van der Waals surface area contributed by atoms with Crippen LogP contribution in [0.4, 0.5) is 13.2 Å². The Labute approximate surface area is 119 Å². The molecule has 1 aliphatic heterocycles. The van der Waals surface area contributed by atoms with Gasteiger partial charge in [0.1, 0.15) is 6.04 Å². The largest absolute Gasteiger partial charge is 0.416 e. The Hall–Kier alpha value is -2.05. The zero-order chi connectivity index (χ0) is 15.6. The number of carbonyl (C=O) groups is 2. The normalized spacial score (nSPS) is 19.6. The van der Waals surface area contributed by atoms with Crippen LogP contribution < -0.4 is 5.32 Å². The van der Waals surface area contributed by atoms with E-state index in [1.54, 1.807) is 6.92 Å². The maximum absolute atomic E-state index is 12.7. The van der Waals surface area contributed by atoms with Gasteiger partial charge in [0, 0.05) is 6.54 Å². The van der Waals surface area contributed by atoms with Crippen molar-refractivity contribution >= 4 is 11.8 Å². The summed E-state index contributed by atoms with van der Waals surface area (Å²) in [4.78, 5) is 24.9. The van der Waals surface area contributed by atoms with E-state index in [0.717, 1.165) is 12.1 Å². The zero-order valence-corrected chi connectivity index (χ0v) is 11.4. The molecule has 1 saturated heterocycles. The van der Waals surface area contributed by atoms with E-state index in [-0.39, 0.29) is 24.9 Å². The molecule has 1 aromatic carbocycles. The number of alkyl halides is 3. The number of nitrogens with one attached hydrogen (secondary N) is 1. The molecule has 114 valence electrons. The van der Waals surface area contributed by atoms with Crippen molar-refractivity contribution in [1.82, 2.24) is 10.2 Å². The minimum atomic E-state index is -4.43. The topological polar surface area (TPSA) is 49.4 Å². The third kappa shape index (κ3) is 3.53. The molecule has 1 aliphatic rings. The molecule has 0 aromatic heterocycles. The molecule has 1 N–H and O–H groups in total. The van der Waals surface area contributed by atoms with Crippen molar-refractivity contribution in [3.8, 4) is 0 Å². The highest BCUT2D eigenvalue weighted by Crippen LogP contribution is 2.29. The average Bonchev–Trinajstić information content (AvgIpc) is 2.42. The van der Waals surface area contributed by atoms with E-state index in [1.807, 2.05) is 0 Å². The van der Waals surface area contributed by atoms with Crippen LogP contribution in [0.15, 0.2) is 24.3 Å². The first-order valence-corrected chi connectivity index (χ1v) is 6.55. The van der Waals surface area contributed by atoms with E-state index >= 15 is 0 Å². The summed E-state index contributed by atoms with van der Waals surface area (Å²) < 4.78 is 38.0. The molecular weight excluding hydrogens is 285 g/mol. The fraction of sp³-hybridized carbons (Fsp3) is 0.429. The number of hydrogen-bond acceptors (Lipinski definition) is 2. The standard InChI is InChI=1S/C14H15F3N2O2/c1-2-11-13(21)19(8-12(20)18-11)7-9-4-3-5-10(6-9)14(15,16)17/h3-6,11H,2,7-8H2,1H3,(H,18,20). The quantitative estimate of drug-likeness (QED) is 0.927. The van der Waals surface area contributed by atoms with Gasteiger partial charge in [0.2, 0.25) is 11.8 Å². The first-order chi connectivity index (χ1) is 9.81. The minimum absolute atomic E-state index is 0.00727. The second kappa shape index (κ2) is 5.75. The van der Waals surface area contributed by atoms with Crippen molar-refractivity contribution in [2.75, 3.05) is 6.54 Å². The van der Waals surface area contributed by atoms with E-state index < -0.39 is 17.8 Å². The van der Waals surface area contributed by atoms with Gasteiger partial charge in [-0.3, -0.25) is 9.59 Å². The van der Waals surface area contributed by atoms with Gasteiger partial charge < -0.3 is 10.2 Å². The van der Waals surface area contributed by atoms with Gasteiger partial charge >= 0.3 is 6.18 Å². The molecule has 0 spiro atoms. The van der Waals surface area contributed by atoms with Crippen LogP contribution in [0.5, 0.6) is 0 Å². The van der Waals surface area contributed by atoms with Crippen LogP contribution in [-0.4, -0.2) is 29.3 Å². The van der Waals surface area contributed by atoms with Gasteiger partial charge in [-0.1, -0.05) is 19.1 Å². The predicted molar refractivity (Wildman–Crippen MR) is 69.1 cm³/mol. The van der Waals surface area contributed by atoms with Crippen LogP contribution in [0.3, 0.4) is 0 Å². The van der Waals surface area contributed by atoms with Crippen LogP contribution in [0.2, 0.25) is 0 Å². The average molecular weight is 300 g/mol. The summed E-state index contributed by atoms with van der Waals surface area (Å²) in [5.74, 6) is -0.567. The van der Waals surface area contributed by atoms with Crippen molar-refractivity contribution in [3.05, 3.63) is 35.4 Å². The molecule has 0 saturated carbocycles. The summed E-state index contributed by atoms with van der Waals surface area (Å²) >= 11 is 0. The maximum Gasteiger partial charge on any atom is 0.416 e. The number of amides is 2. The molecular formula is C14H15F3N2O2. The highest BCUT2D eigenvalue weighted by Gasteiger charge is 2.33. The SMILES string of the molecule is CCC1NC(=O)CN(Cc2cccc(C(F)(F)F)c2)C1=O. The Bertz CT molecular complexity index is 557. The summed E-state index contributed by atoms with van der Waals surface area (Å²) in [5.41, 5.74) is -0.413. The fourth-order valence-corrected chi connectivity index (χ4v) is 2.25. The van der Waals surface area contributed by atoms with Gasteiger partial charge in [-0.05, 0) is 24.1 Å². The number of hydrogen-bond donors (Lipinski definition) is 1. The van der Waals surface area contributed by atoms with Crippen molar-refractivity contribution in [3.63, 3.8) is 0 Å². The van der Waals surface area contributed by atoms with Crippen LogP contribution in [0.1, 0.15) is 24.5 Å². The van der Waals surface area contributed by atoms with Crippen molar-refractivity contribution in [1.29, 1.82) is 0 Å². The van der Waals surface area contributed by atoms with Crippen LogP contribution >= 0.6 is 0 Å². The summed E-state index contributed by atoms with van der Waals surface area (Å²) in [6.45, 7) is 1.62. The van der Waals surface area contributed by atoms with Gasteiger partial charge in [0.25, 0.3) is 0 Å². The van der Waals surface area contributed by atoms with Crippen LogP contribution in [-0.2, 0) is 22.3 Å². The molecule has 0 bridgehead atoms. The third-order valence-corrected chi connectivity index (χ3v) is 3.32. The van der Waals surface area contributed by atoms with Gasteiger partial charge in [-0.2, -0.15) is 13.2 Å². The molecule has 4 nitrogen and oxygen atoms in total. The lowest BCUT2D eigenvalue weighted by Gasteiger charge is -2.32. The molecule has 0 aliphatic carbocycles. The molecule has 0 radical (unpaired) electrons. The lowest BCUT2D eigenvalue weighted by atomic mass is 10.1. The molecule has 1 heterocycles. The number of piperazine rings is 1. The molecule has 1 fully saturated rings. The summed E-state index contributed by atoms with van der Waals surface area (Å²) in [6, 6.07) is 4.18. The second-order valence-electron chi connectivity index (χ2n) is 4.92. The summed E-state index contributed by atoms with van der Waals surface area (Å²) in [6.07, 6.45) is -3.98. The van der Waals surface area contributed by atoms with E-state index in [9.17, 15) is 22.8 Å². The lowest BCUT2D eigenvalue weighted by molar-refractivity contribution is -0.145. The van der Waals surface area contributed by atoms with E-state index in [2.05, 4.69) is 5.32 Å². The van der Waals surface area contributed by atoms with Gasteiger partial charge in [0.05, 0.1) is 12.1 Å². The smallest absolute Gasteiger partial charge is 0.343 e. The van der Waals surface area contributed by atoms with Gasteiger partial charge in [-0.25, -0.2) is 0 Å². The Kier molecular flexibility index (Phi) is 4.20. The Morgan fingerprint density at radius 2 is 2.05 bits per heavy atom. The number of carbonyl (C=O) groups excluding carboxylic acids is 2. The molecule has 2 rings (SSSR count). The van der Waals surface area contributed by atoms with Crippen molar-refractivity contribution < 1.29 is 22.8 Å². The molecule has 1 unspecified atom stereocenters. The molecule has 1 atom stereocenters. The van der Waals surface area contributed by atoms with E-state index in [1.165, 1.54) is 17.0 Å². The second-order valence-corrected chi connectivity index (χ2v) is 4.92. The predicted octanol–water partition coefficient (Wildman–Crippen LogP) is 1.94. The zero-order valence-electron chi connectivity index (χ0n) is 11.4. The molecule has 2 amide bonds. The van der Waals surface area contributed by atoms with Gasteiger partial charge in [-0.15, -0.1) is 0 Å². The Morgan fingerprint density at radius 3 is 2.67 bits per heavy atom. The number of nitrogens with zero attached hydrogens (tertiary/aromatic N) is 1. The number of benzene rings is 1.